The van der Waals surface area contributed by atoms with Gasteiger partial charge >= 0.3 is 0 Å². The van der Waals surface area contributed by atoms with Crippen LogP contribution in [0.4, 0.5) is 11.5 Å². The number of aromatic nitrogens is 1. The number of ketones is 1. The summed E-state index contributed by atoms with van der Waals surface area (Å²) in [6, 6.07) is 3.12. The molecule has 1 amide bonds. The van der Waals surface area contributed by atoms with Gasteiger partial charge in [-0.3, -0.25) is 9.59 Å². The molecule has 0 aliphatic carbocycles. The summed E-state index contributed by atoms with van der Waals surface area (Å²) in [7, 11) is 0. The van der Waals surface area contributed by atoms with Crippen LogP contribution >= 0.6 is 11.6 Å². The molecule has 1 fully saturated rings. The topological polar surface area (TPSA) is 76.3 Å². The van der Waals surface area contributed by atoms with E-state index in [9.17, 15) is 9.59 Å². The van der Waals surface area contributed by atoms with Crippen molar-refractivity contribution in [1.29, 1.82) is 0 Å². The number of pyridine rings is 1. The van der Waals surface area contributed by atoms with Crippen LogP contribution in [0.2, 0.25) is 5.15 Å². The number of nitrogens with zero attached hydrogens (tertiary/aromatic N) is 2. The van der Waals surface area contributed by atoms with Gasteiger partial charge in [-0.15, -0.1) is 0 Å². The maximum atomic E-state index is 11.4. The summed E-state index contributed by atoms with van der Waals surface area (Å²) in [6.45, 7) is 0.0619. The minimum atomic E-state index is -0.254. The molecule has 1 aliphatic heterocycles. The minimum absolute atomic E-state index is 0.0619. The van der Waals surface area contributed by atoms with E-state index in [-0.39, 0.29) is 35.6 Å². The fraction of sp³-hybridized carbons (Fsp3) is 0.222. The van der Waals surface area contributed by atoms with Gasteiger partial charge in [0, 0.05) is 0 Å². The molecular formula is C9H8ClN3O2. The summed E-state index contributed by atoms with van der Waals surface area (Å²) in [5.41, 5.74) is 6.05. The van der Waals surface area contributed by atoms with Crippen molar-refractivity contribution >= 4 is 34.8 Å². The third kappa shape index (κ3) is 1.78. The van der Waals surface area contributed by atoms with Crippen molar-refractivity contribution in [1.82, 2.24) is 4.98 Å². The number of hydrogen-bond acceptors (Lipinski definition) is 4. The lowest BCUT2D eigenvalue weighted by Gasteiger charge is -2.15. The van der Waals surface area contributed by atoms with Crippen LogP contribution in [0.15, 0.2) is 12.1 Å². The SMILES string of the molecule is Nc1nc(Cl)ccc1N1CC(=O)CC1=O. The molecule has 0 bridgehead atoms. The highest BCUT2D eigenvalue weighted by molar-refractivity contribution is 6.29. The van der Waals surface area contributed by atoms with Gasteiger partial charge in [-0.1, -0.05) is 11.6 Å². The summed E-state index contributed by atoms with van der Waals surface area (Å²) in [6.07, 6.45) is -0.0674. The molecular weight excluding hydrogens is 218 g/mol. The summed E-state index contributed by atoms with van der Waals surface area (Å²) < 4.78 is 0. The molecule has 1 aromatic heterocycles. The summed E-state index contributed by atoms with van der Waals surface area (Å²) >= 11 is 5.63. The fourth-order valence-electron chi connectivity index (χ4n) is 1.47. The summed E-state index contributed by atoms with van der Waals surface area (Å²) in [5.74, 6) is -0.212. The third-order valence-corrected chi connectivity index (χ3v) is 2.35. The van der Waals surface area contributed by atoms with Gasteiger partial charge in [0.15, 0.2) is 5.78 Å². The molecule has 1 saturated heterocycles. The molecule has 0 spiro atoms. The van der Waals surface area contributed by atoms with E-state index in [0.717, 1.165) is 0 Å². The van der Waals surface area contributed by atoms with E-state index in [2.05, 4.69) is 4.98 Å². The van der Waals surface area contributed by atoms with Crippen molar-refractivity contribution in [3.05, 3.63) is 17.3 Å². The van der Waals surface area contributed by atoms with Gasteiger partial charge in [0.05, 0.1) is 18.7 Å². The lowest BCUT2D eigenvalue weighted by Crippen LogP contribution is -2.25. The largest absolute Gasteiger partial charge is 0.382 e. The van der Waals surface area contributed by atoms with Gasteiger partial charge in [0.1, 0.15) is 11.0 Å². The quantitative estimate of drug-likeness (QED) is 0.562. The van der Waals surface area contributed by atoms with Crippen LogP contribution < -0.4 is 10.6 Å². The molecule has 15 heavy (non-hydrogen) atoms. The highest BCUT2D eigenvalue weighted by atomic mass is 35.5. The van der Waals surface area contributed by atoms with Gasteiger partial charge in [0.25, 0.3) is 0 Å². The van der Waals surface area contributed by atoms with Crippen molar-refractivity contribution in [3.8, 4) is 0 Å². The van der Waals surface area contributed by atoms with Crippen LogP contribution in [0, 0.1) is 0 Å². The standard InChI is InChI=1S/C9H8ClN3O2/c10-7-2-1-6(9(11)12-7)13-4-5(14)3-8(13)15/h1-2H,3-4H2,(H2,11,12). The molecule has 0 unspecified atom stereocenters. The number of amides is 1. The molecule has 78 valence electrons. The number of anilines is 2. The molecule has 0 aromatic carbocycles. The van der Waals surface area contributed by atoms with E-state index in [1.807, 2.05) is 0 Å². The van der Waals surface area contributed by atoms with Gasteiger partial charge < -0.3 is 10.6 Å². The second kappa shape index (κ2) is 3.51. The molecule has 0 atom stereocenters. The number of rotatable bonds is 1. The van der Waals surface area contributed by atoms with Crippen LogP contribution in [0.5, 0.6) is 0 Å². The first-order valence-electron chi connectivity index (χ1n) is 4.32. The molecule has 1 aromatic rings. The van der Waals surface area contributed by atoms with E-state index in [0.29, 0.717) is 5.69 Å². The molecule has 2 N–H and O–H groups in total. The zero-order valence-corrected chi connectivity index (χ0v) is 8.49. The summed E-state index contributed by atoms with van der Waals surface area (Å²) in [5, 5.41) is 0.259. The number of Topliss-reactive ketones (excluding diaryl/α,β-unsaturated/α-hetero) is 1. The second-order valence-electron chi connectivity index (χ2n) is 3.23. The molecule has 6 heteroatoms. The Labute approximate surface area is 90.8 Å². The predicted octanol–water partition coefficient (Wildman–Crippen LogP) is 0.623. The van der Waals surface area contributed by atoms with Gasteiger partial charge in [-0.25, -0.2) is 4.98 Å². The monoisotopic (exact) mass is 225 g/mol. The Morgan fingerprint density at radius 1 is 1.40 bits per heavy atom. The second-order valence-corrected chi connectivity index (χ2v) is 3.62. The molecule has 0 saturated carbocycles. The average molecular weight is 226 g/mol. The highest BCUT2D eigenvalue weighted by Gasteiger charge is 2.29. The minimum Gasteiger partial charge on any atom is -0.382 e. The van der Waals surface area contributed by atoms with Crippen LogP contribution in [0.1, 0.15) is 6.42 Å². The van der Waals surface area contributed by atoms with E-state index in [1.165, 1.54) is 11.0 Å². The zero-order valence-electron chi connectivity index (χ0n) is 7.74. The number of halogens is 1. The first kappa shape index (κ1) is 9.92. The Hall–Kier alpha value is -1.62. The molecule has 5 nitrogen and oxygen atoms in total. The Balaban J connectivity index is 2.38. The highest BCUT2D eigenvalue weighted by Crippen LogP contribution is 2.26. The number of hydrogen-bond donors (Lipinski definition) is 1. The van der Waals surface area contributed by atoms with Crippen molar-refractivity contribution in [2.45, 2.75) is 6.42 Å². The number of carbonyl (C=O) groups excluding carboxylic acids is 2. The maximum absolute atomic E-state index is 11.4. The lowest BCUT2D eigenvalue weighted by atomic mass is 10.3. The van der Waals surface area contributed by atoms with Gasteiger partial charge in [-0.2, -0.15) is 0 Å². The maximum Gasteiger partial charge on any atom is 0.235 e. The summed E-state index contributed by atoms with van der Waals surface area (Å²) in [4.78, 5) is 27.6. The molecule has 2 rings (SSSR count). The molecule has 0 radical (unpaired) electrons. The first-order valence-corrected chi connectivity index (χ1v) is 4.70. The average Bonchev–Trinajstić information content (AvgIpc) is 2.45. The lowest BCUT2D eigenvalue weighted by molar-refractivity contribution is -0.121. The first-order chi connectivity index (χ1) is 7.08. The van der Waals surface area contributed by atoms with Crippen molar-refractivity contribution in [2.75, 3.05) is 17.2 Å². The zero-order chi connectivity index (χ0) is 11.0. The smallest absolute Gasteiger partial charge is 0.235 e. The van der Waals surface area contributed by atoms with E-state index >= 15 is 0 Å². The van der Waals surface area contributed by atoms with Crippen molar-refractivity contribution in [2.24, 2.45) is 0 Å². The predicted molar refractivity (Wildman–Crippen MR) is 55.6 cm³/mol. The van der Waals surface area contributed by atoms with Gasteiger partial charge in [-0.05, 0) is 12.1 Å². The normalized spacial score (nSPS) is 16.2. The molecule has 2 heterocycles. The van der Waals surface area contributed by atoms with Crippen molar-refractivity contribution in [3.63, 3.8) is 0 Å². The fourth-order valence-corrected chi connectivity index (χ4v) is 1.63. The van der Waals surface area contributed by atoms with Crippen LogP contribution in [-0.2, 0) is 9.59 Å². The van der Waals surface area contributed by atoms with E-state index in [1.54, 1.807) is 6.07 Å². The van der Waals surface area contributed by atoms with Crippen LogP contribution in [-0.4, -0.2) is 23.2 Å². The number of carbonyl (C=O) groups is 2. The van der Waals surface area contributed by atoms with Crippen LogP contribution in [0.3, 0.4) is 0 Å². The van der Waals surface area contributed by atoms with Crippen LogP contribution in [0.25, 0.3) is 0 Å². The number of nitrogens with two attached hydrogens (primary N) is 1. The van der Waals surface area contributed by atoms with Crippen molar-refractivity contribution < 1.29 is 9.59 Å². The molecule has 1 aliphatic rings. The Bertz CT molecular complexity index is 447. The Morgan fingerprint density at radius 2 is 2.13 bits per heavy atom. The van der Waals surface area contributed by atoms with E-state index in [4.69, 9.17) is 17.3 Å². The van der Waals surface area contributed by atoms with Gasteiger partial charge in [0.2, 0.25) is 5.91 Å². The third-order valence-electron chi connectivity index (χ3n) is 2.14. The Kier molecular flexibility index (Phi) is 2.32. The number of nitrogen functional groups attached to an aromatic ring is 1. The van der Waals surface area contributed by atoms with E-state index < -0.39 is 0 Å². The Morgan fingerprint density at radius 3 is 2.67 bits per heavy atom.